The van der Waals surface area contributed by atoms with Crippen LogP contribution in [0.25, 0.3) is 21.8 Å². The number of fused-ring (bicyclic) bond motifs is 2. The SMILES string of the molecule is CCN(CC)CCOc1ccc2cc3[c]([Cr][Cl])cc(OCCN(CC)CC)cc3nc2c1. The topological polar surface area (TPSA) is 37.8 Å². The Labute approximate surface area is 202 Å². The van der Waals surface area contributed by atoms with E-state index in [1.54, 1.807) is 0 Å². The second-order valence-electron chi connectivity index (χ2n) is 7.66. The third-order valence-corrected chi connectivity index (χ3v) is 7.33. The summed E-state index contributed by atoms with van der Waals surface area (Å²) in [4.78, 5) is 9.63. The Hall–Kier alpha value is -1.55. The average Bonchev–Trinajstić information content (AvgIpc) is 2.82. The number of aromatic nitrogens is 1. The van der Waals surface area contributed by atoms with Crippen molar-refractivity contribution in [1.29, 1.82) is 0 Å². The van der Waals surface area contributed by atoms with Crippen LogP contribution >= 0.6 is 10.0 Å². The molecule has 3 aromatic rings. The van der Waals surface area contributed by atoms with Crippen LogP contribution in [0.4, 0.5) is 0 Å². The number of nitrogens with zero attached hydrogens (tertiary/aromatic N) is 3. The van der Waals surface area contributed by atoms with Crippen LogP contribution in [0.1, 0.15) is 27.7 Å². The van der Waals surface area contributed by atoms with Crippen LogP contribution in [0.5, 0.6) is 11.5 Å². The van der Waals surface area contributed by atoms with E-state index in [9.17, 15) is 0 Å². The van der Waals surface area contributed by atoms with E-state index in [1.807, 2.05) is 18.2 Å². The Morgan fingerprint density at radius 3 is 1.97 bits per heavy atom. The van der Waals surface area contributed by atoms with Crippen molar-refractivity contribution in [2.24, 2.45) is 0 Å². The van der Waals surface area contributed by atoms with Gasteiger partial charge in [-0.25, -0.2) is 0 Å². The molecule has 0 amide bonds. The van der Waals surface area contributed by atoms with Crippen molar-refractivity contribution in [3.63, 3.8) is 0 Å². The molecule has 174 valence electrons. The Bertz CT molecular complexity index is 1010. The van der Waals surface area contributed by atoms with E-state index in [1.165, 1.54) is 0 Å². The summed E-state index contributed by atoms with van der Waals surface area (Å²) >= 11 is -0.167. The summed E-state index contributed by atoms with van der Waals surface area (Å²) < 4.78 is 13.2. The molecule has 1 heterocycles. The molecule has 5 nitrogen and oxygen atoms in total. The molecular weight excluding hydrogens is 462 g/mol. The molecule has 0 N–H and O–H groups in total. The maximum absolute atomic E-state index is 6.34. The van der Waals surface area contributed by atoms with Gasteiger partial charge in [-0.2, -0.15) is 0 Å². The first-order valence-corrected chi connectivity index (χ1v) is 13.9. The third-order valence-electron chi connectivity index (χ3n) is 5.86. The van der Waals surface area contributed by atoms with E-state index in [2.05, 4.69) is 55.7 Å². The zero-order chi connectivity index (χ0) is 22.9. The minimum absolute atomic E-state index is 0.167. The number of benzene rings is 2. The number of rotatable bonds is 13. The van der Waals surface area contributed by atoms with Crippen molar-refractivity contribution in [2.45, 2.75) is 27.7 Å². The van der Waals surface area contributed by atoms with Gasteiger partial charge in [-0.05, 0) is 0 Å². The molecule has 0 bridgehead atoms. The van der Waals surface area contributed by atoms with Gasteiger partial charge in [0.25, 0.3) is 0 Å². The Morgan fingerprint density at radius 2 is 1.38 bits per heavy atom. The molecule has 1 aromatic heterocycles. The first-order valence-electron chi connectivity index (χ1n) is 11.5. The zero-order valence-electron chi connectivity index (χ0n) is 19.6. The maximum atomic E-state index is 6.34. The number of likely N-dealkylation sites (N-methyl/N-ethyl adjacent to an activating group) is 2. The molecule has 32 heavy (non-hydrogen) atoms. The Balaban J connectivity index is 1.80. The fourth-order valence-corrected chi connectivity index (χ4v) is 4.92. The first kappa shape index (κ1) is 25.1. The van der Waals surface area contributed by atoms with Crippen molar-refractivity contribution in [1.82, 2.24) is 14.8 Å². The summed E-state index contributed by atoms with van der Waals surface area (Å²) in [5.74, 6) is 1.69. The standard InChI is InChI=1S/C25H34N3O2.ClH.Cr/c1-5-27(6-2)13-15-29-22-11-9-20-17-21-10-12-23(19-25(21)26-24(20)18-22)30-16-14-28(7-3)8-4;;/h9,11-12,17-19H,5-8,13-16H2,1-4H3;1H;/q;;+1/p-1. The molecule has 0 atom stereocenters. The molecule has 0 aliphatic carbocycles. The van der Waals surface area contributed by atoms with E-state index in [4.69, 9.17) is 24.5 Å². The van der Waals surface area contributed by atoms with E-state index >= 15 is 0 Å². The molecule has 0 aliphatic rings. The summed E-state index contributed by atoms with van der Waals surface area (Å²) in [6.45, 7) is 16.0. The molecule has 0 saturated heterocycles. The van der Waals surface area contributed by atoms with Crippen LogP contribution in [0.15, 0.2) is 36.4 Å². The molecule has 7 heteroatoms. The molecule has 0 fully saturated rings. The molecule has 3 rings (SSSR count). The van der Waals surface area contributed by atoms with Gasteiger partial charge >= 0.3 is 189 Å². The van der Waals surface area contributed by atoms with E-state index in [0.29, 0.717) is 13.2 Å². The second-order valence-corrected chi connectivity index (χ2v) is 9.22. The van der Waals surface area contributed by atoms with Crippen molar-refractivity contribution >= 4 is 36.3 Å². The fourth-order valence-electron chi connectivity index (χ4n) is 3.75. The van der Waals surface area contributed by atoms with E-state index in [0.717, 1.165) is 77.0 Å². The summed E-state index contributed by atoms with van der Waals surface area (Å²) in [5, 5.41) is 2.18. The number of pyridine rings is 1. The Morgan fingerprint density at radius 1 is 0.781 bits per heavy atom. The number of hydrogen-bond donors (Lipinski definition) is 0. The zero-order valence-corrected chi connectivity index (χ0v) is 21.6. The van der Waals surface area contributed by atoms with Gasteiger partial charge < -0.3 is 0 Å². The monoisotopic (exact) mass is 495 g/mol. The number of hydrogen-bond acceptors (Lipinski definition) is 5. The van der Waals surface area contributed by atoms with Crippen molar-refractivity contribution in [3.05, 3.63) is 36.4 Å². The van der Waals surface area contributed by atoms with Crippen LogP contribution < -0.4 is 13.9 Å². The molecule has 0 saturated carbocycles. The molecule has 0 spiro atoms. The van der Waals surface area contributed by atoms with Crippen LogP contribution in [0.2, 0.25) is 0 Å². The Kier molecular flexibility index (Phi) is 9.90. The molecular formula is C25H34ClCrN3O2. The van der Waals surface area contributed by atoms with Gasteiger partial charge in [0.05, 0.1) is 0 Å². The second kappa shape index (κ2) is 12.6. The first-order chi connectivity index (χ1) is 15.6. The summed E-state index contributed by atoms with van der Waals surface area (Å²) in [6, 6.07) is 12.4. The fraction of sp³-hybridized carbons (Fsp3) is 0.480. The number of ether oxygens (including phenoxy) is 2. The molecule has 0 aliphatic heterocycles. The molecule has 0 radical (unpaired) electrons. The summed E-state index contributed by atoms with van der Waals surface area (Å²) in [7, 11) is 6.34. The molecule has 0 unspecified atom stereocenters. The average molecular weight is 496 g/mol. The van der Waals surface area contributed by atoms with Crippen LogP contribution in [-0.2, 0) is 14.3 Å². The van der Waals surface area contributed by atoms with E-state index < -0.39 is 0 Å². The van der Waals surface area contributed by atoms with Gasteiger partial charge in [-0.3, -0.25) is 0 Å². The van der Waals surface area contributed by atoms with Gasteiger partial charge in [0.2, 0.25) is 0 Å². The van der Waals surface area contributed by atoms with Crippen molar-refractivity contribution < 1.29 is 23.8 Å². The normalized spacial score (nSPS) is 11.7. The van der Waals surface area contributed by atoms with Crippen LogP contribution in [0, 0.1) is 0 Å². The van der Waals surface area contributed by atoms with Gasteiger partial charge in [0.1, 0.15) is 0 Å². The van der Waals surface area contributed by atoms with Crippen LogP contribution in [-0.4, -0.2) is 67.3 Å². The third kappa shape index (κ3) is 6.50. The van der Waals surface area contributed by atoms with Gasteiger partial charge in [0.15, 0.2) is 0 Å². The van der Waals surface area contributed by atoms with Gasteiger partial charge in [-0.15, -0.1) is 0 Å². The van der Waals surface area contributed by atoms with Crippen molar-refractivity contribution in [3.8, 4) is 11.5 Å². The van der Waals surface area contributed by atoms with Crippen LogP contribution in [0.3, 0.4) is 0 Å². The quantitative estimate of drug-likeness (QED) is 0.322. The predicted octanol–water partition coefficient (Wildman–Crippen LogP) is 4.69. The van der Waals surface area contributed by atoms with Gasteiger partial charge in [-0.1, -0.05) is 13.8 Å². The predicted molar refractivity (Wildman–Crippen MR) is 131 cm³/mol. The molecule has 2 aromatic carbocycles. The van der Waals surface area contributed by atoms with Gasteiger partial charge in [0, 0.05) is 0 Å². The summed E-state index contributed by atoms with van der Waals surface area (Å²) in [5.41, 5.74) is 1.84. The summed E-state index contributed by atoms with van der Waals surface area (Å²) in [6.07, 6.45) is 0. The van der Waals surface area contributed by atoms with E-state index in [-0.39, 0.29) is 14.3 Å². The minimum atomic E-state index is -0.167. The van der Waals surface area contributed by atoms with Crippen molar-refractivity contribution in [2.75, 3.05) is 52.5 Å². The number of halogens is 1.